The second-order valence-corrected chi connectivity index (χ2v) is 3.30. The van der Waals surface area contributed by atoms with Crippen LogP contribution in [0, 0.1) is 11.3 Å². The van der Waals surface area contributed by atoms with Crippen LogP contribution in [0.3, 0.4) is 0 Å². The Balaban J connectivity index is 4.16. The number of Topliss-reactive ketones (excluding diaryl/α,β-unsaturated/α-hetero) is 1. The van der Waals surface area contributed by atoms with Crippen molar-refractivity contribution in [3.8, 4) is 0 Å². The molecule has 2 heteroatoms. The first kappa shape index (κ1) is 12.1. The van der Waals surface area contributed by atoms with Crippen molar-refractivity contribution >= 4 is 12.0 Å². The van der Waals surface area contributed by atoms with Gasteiger partial charge in [0.25, 0.3) is 0 Å². The highest BCUT2D eigenvalue weighted by atomic mass is 16.1. The average molecular weight is 181 g/mol. The highest BCUT2D eigenvalue weighted by molar-refractivity contribution is 5.82. The van der Waals surface area contributed by atoms with Crippen LogP contribution in [0.2, 0.25) is 0 Å². The third-order valence-electron chi connectivity index (χ3n) is 2.22. The molecular weight excluding hydrogens is 162 g/mol. The van der Waals surface area contributed by atoms with E-state index in [0.717, 1.165) is 18.4 Å². The minimum atomic E-state index is 0.190. The molecule has 0 aliphatic carbocycles. The summed E-state index contributed by atoms with van der Waals surface area (Å²) < 4.78 is 0. The average Bonchev–Trinajstić information content (AvgIpc) is 2.15. The SMILES string of the molecule is C=C(C=N)C(CCC)CC(=O)CC. The van der Waals surface area contributed by atoms with Gasteiger partial charge in [0.2, 0.25) is 0 Å². The van der Waals surface area contributed by atoms with E-state index in [4.69, 9.17) is 5.41 Å². The van der Waals surface area contributed by atoms with Crippen molar-refractivity contribution in [3.63, 3.8) is 0 Å². The molecule has 0 aliphatic rings. The van der Waals surface area contributed by atoms with Crippen LogP contribution in [0.4, 0.5) is 0 Å². The van der Waals surface area contributed by atoms with Crippen molar-refractivity contribution in [3.05, 3.63) is 12.2 Å². The van der Waals surface area contributed by atoms with Crippen LogP contribution in [0.1, 0.15) is 39.5 Å². The van der Waals surface area contributed by atoms with E-state index in [0.29, 0.717) is 12.8 Å². The van der Waals surface area contributed by atoms with Crippen molar-refractivity contribution in [2.24, 2.45) is 5.92 Å². The molecule has 0 aromatic heterocycles. The first-order valence-corrected chi connectivity index (χ1v) is 4.86. The predicted octanol–water partition coefficient (Wildman–Crippen LogP) is 2.98. The van der Waals surface area contributed by atoms with Crippen LogP contribution in [-0.4, -0.2) is 12.0 Å². The summed E-state index contributed by atoms with van der Waals surface area (Å²) in [5.41, 5.74) is 0.781. The molecule has 0 aromatic carbocycles. The van der Waals surface area contributed by atoms with Crippen molar-refractivity contribution in [2.75, 3.05) is 0 Å². The Labute approximate surface area is 80.5 Å². The van der Waals surface area contributed by atoms with Crippen LogP contribution >= 0.6 is 0 Å². The lowest BCUT2D eigenvalue weighted by molar-refractivity contribution is -0.119. The summed E-state index contributed by atoms with van der Waals surface area (Å²) >= 11 is 0. The van der Waals surface area contributed by atoms with Gasteiger partial charge in [0, 0.05) is 19.1 Å². The van der Waals surface area contributed by atoms with E-state index in [1.807, 2.05) is 6.92 Å². The number of carbonyl (C=O) groups is 1. The van der Waals surface area contributed by atoms with Crippen molar-refractivity contribution in [2.45, 2.75) is 39.5 Å². The summed E-state index contributed by atoms with van der Waals surface area (Å²) in [6.45, 7) is 7.74. The van der Waals surface area contributed by atoms with Gasteiger partial charge in [-0.05, 0) is 17.9 Å². The third kappa shape index (κ3) is 4.61. The summed E-state index contributed by atoms with van der Waals surface area (Å²) in [7, 11) is 0. The number of nitrogens with one attached hydrogen (secondary N) is 1. The van der Waals surface area contributed by atoms with Crippen LogP contribution in [0.25, 0.3) is 0 Å². The molecule has 0 fully saturated rings. The minimum Gasteiger partial charge on any atom is -0.308 e. The molecule has 0 aliphatic heterocycles. The second kappa shape index (κ2) is 6.58. The Morgan fingerprint density at radius 2 is 2.15 bits per heavy atom. The molecule has 0 saturated heterocycles. The lowest BCUT2D eigenvalue weighted by Crippen LogP contribution is -2.10. The van der Waals surface area contributed by atoms with E-state index >= 15 is 0 Å². The summed E-state index contributed by atoms with van der Waals surface area (Å²) in [6.07, 6.45) is 4.40. The van der Waals surface area contributed by atoms with Gasteiger partial charge in [-0.3, -0.25) is 4.79 Å². The first-order valence-electron chi connectivity index (χ1n) is 4.86. The monoisotopic (exact) mass is 181 g/mol. The van der Waals surface area contributed by atoms with Gasteiger partial charge in [-0.25, -0.2) is 0 Å². The van der Waals surface area contributed by atoms with E-state index in [-0.39, 0.29) is 11.7 Å². The fourth-order valence-corrected chi connectivity index (χ4v) is 1.30. The third-order valence-corrected chi connectivity index (χ3v) is 2.22. The molecule has 74 valence electrons. The zero-order valence-corrected chi connectivity index (χ0v) is 8.60. The molecule has 1 atom stereocenters. The molecule has 0 heterocycles. The maximum atomic E-state index is 11.2. The Hall–Kier alpha value is -0.920. The summed E-state index contributed by atoms with van der Waals surface area (Å²) in [4.78, 5) is 11.2. The van der Waals surface area contributed by atoms with Crippen molar-refractivity contribution in [1.29, 1.82) is 5.41 Å². The van der Waals surface area contributed by atoms with Crippen LogP contribution < -0.4 is 0 Å². The molecule has 0 saturated carbocycles. The van der Waals surface area contributed by atoms with Gasteiger partial charge in [0.05, 0.1) is 0 Å². The van der Waals surface area contributed by atoms with Crippen molar-refractivity contribution in [1.82, 2.24) is 0 Å². The highest BCUT2D eigenvalue weighted by Crippen LogP contribution is 2.19. The zero-order chi connectivity index (χ0) is 10.3. The normalized spacial score (nSPS) is 12.2. The number of allylic oxidation sites excluding steroid dienone is 1. The molecule has 0 radical (unpaired) electrons. The van der Waals surface area contributed by atoms with Crippen LogP contribution in [0.5, 0.6) is 0 Å². The summed E-state index contributed by atoms with van der Waals surface area (Å²) in [5.74, 6) is 0.455. The van der Waals surface area contributed by atoms with Crippen LogP contribution in [-0.2, 0) is 4.79 Å². The summed E-state index contributed by atoms with van der Waals surface area (Å²) in [5, 5.41) is 7.08. The quantitative estimate of drug-likeness (QED) is 0.603. The van der Waals surface area contributed by atoms with Gasteiger partial charge in [-0.2, -0.15) is 0 Å². The maximum absolute atomic E-state index is 11.2. The van der Waals surface area contributed by atoms with Gasteiger partial charge in [0.1, 0.15) is 5.78 Å². The molecule has 13 heavy (non-hydrogen) atoms. The molecular formula is C11H19NO. The van der Waals surface area contributed by atoms with Crippen LogP contribution in [0.15, 0.2) is 12.2 Å². The largest absolute Gasteiger partial charge is 0.308 e. The van der Waals surface area contributed by atoms with E-state index < -0.39 is 0 Å². The van der Waals surface area contributed by atoms with E-state index in [9.17, 15) is 4.79 Å². The molecule has 0 rings (SSSR count). The molecule has 1 unspecified atom stereocenters. The lowest BCUT2D eigenvalue weighted by Gasteiger charge is -2.14. The van der Waals surface area contributed by atoms with E-state index in [1.54, 1.807) is 0 Å². The van der Waals surface area contributed by atoms with E-state index in [2.05, 4.69) is 13.5 Å². The fraction of sp³-hybridized carbons (Fsp3) is 0.636. The number of rotatable bonds is 7. The Kier molecular flexibility index (Phi) is 6.11. The number of hydrogen-bond donors (Lipinski definition) is 1. The second-order valence-electron chi connectivity index (χ2n) is 3.30. The molecule has 0 bridgehead atoms. The first-order chi connectivity index (χ1) is 6.15. The smallest absolute Gasteiger partial charge is 0.133 e. The van der Waals surface area contributed by atoms with Gasteiger partial charge < -0.3 is 5.41 Å². The predicted molar refractivity (Wildman–Crippen MR) is 56.2 cm³/mol. The Bertz CT molecular complexity index is 196. The van der Waals surface area contributed by atoms with Crippen molar-refractivity contribution < 1.29 is 4.79 Å². The molecule has 0 spiro atoms. The minimum absolute atomic E-state index is 0.190. The van der Waals surface area contributed by atoms with Gasteiger partial charge in [-0.1, -0.05) is 26.8 Å². The topological polar surface area (TPSA) is 40.9 Å². The fourth-order valence-electron chi connectivity index (χ4n) is 1.30. The Morgan fingerprint density at radius 1 is 1.54 bits per heavy atom. The Morgan fingerprint density at radius 3 is 2.54 bits per heavy atom. The standard InChI is InChI=1S/C11H19NO/c1-4-6-10(9(3)8-12)7-11(13)5-2/h8,10,12H,3-7H2,1-2H3. The highest BCUT2D eigenvalue weighted by Gasteiger charge is 2.13. The lowest BCUT2D eigenvalue weighted by atomic mass is 9.90. The van der Waals surface area contributed by atoms with E-state index in [1.165, 1.54) is 6.21 Å². The van der Waals surface area contributed by atoms with Gasteiger partial charge in [0.15, 0.2) is 0 Å². The van der Waals surface area contributed by atoms with Gasteiger partial charge >= 0.3 is 0 Å². The molecule has 2 nitrogen and oxygen atoms in total. The summed E-state index contributed by atoms with van der Waals surface area (Å²) in [6, 6.07) is 0. The number of carbonyl (C=O) groups excluding carboxylic acids is 1. The molecule has 1 N–H and O–H groups in total. The number of hydrogen-bond acceptors (Lipinski definition) is 2. The molecule has 0 amide bonds. The maximum Gasteiger partial charge on any atom is 0.133 e. The molecule has 0 aromatic rings. The van der Waals surface area contributed by atoms with Gasteiger partial charge in [-0.15, -0.1) is 0 Å². The zero-order valence-electron chi connectivity index (χ0n) is 8.60. The number of ketones is 1.